The van der Waals surface area contributed by atoms with Gasteiger partial charge < -0.3 is 20.5 Å². The minimum atomic E-state index is -1.08. The summed E-state index contributed by atoms with van der Waals surface area (Å²) in [6.07, 6.45) is 2.09. The maximum atomic E-state index is 11.6. The number of hydrogen-bond acceptors (Lipinski definition) is 4. The van der Waals surface area contributed by atoms with Crippen LogP contribution in [-0.2, 0) is 9.53 Å². The molecule has 0 aromatic rings. The molecule has 7 heteroatoms. The van der Waals surface area contributed by atoms with E-state index in [4.69, 9.17) is 9.84 Å². The molecule has 3 unspecified atom stereocenters. The standard InChI is InChI=1S/C12H22N2O4S/c1-3-19-9-5-4-8(6-9)14-12(17)13-7-10(18-2)11(15)16/h8-10H,3-7H2,1-2H3,(H,15,16)(H2,13,14,17). The van der Waals surface area contributed by atoms with Crippen LogP contribution in [0, 0.1) is 0 Å². The van der Waals surface area contributed by atoms with Gasteiger partial charge in [-0.3, -0.25) is 0 Å². The van der Waals surface area contributed by atoms with Crippen LogP contribution in [0.15, 0.2) is 0 Å². The van der Waals surface area contributed by atoms with Crippen molar-refractivity contribution in [3.05, 3.63) is 0 Å². The summed E-state index contributed by atoms with van der Waals surface area (Å²) >= 11 is 1.93. The molecule has 1 aliphatic carbocycles. The van der Waals surface area contributed by atoms with Gasteiger partial charge in [-0.15, -0.1) is 0 Å². The van der Waals surface area contributed by atoms with Gasteiger partial charge in [-0.1, -0.05) is 6.92 Å². The van der Waals surface area contributed by atoms with Gasteiger partial charge in [0.25, 0.3) is 0 Å². The van der Waals surface area contributed by atoms with E-state index < -0.39 is 12.1 Å². The summed E-state index contributed by atoms with van der Waals surface area (Å²) in [7, 11) is 1.31. The van der Waals surface area contributed by atoms with Crippen molar-refractivity contribution >= 4 is 23.8 Å². The van der Waals surface area contributed by atoms with E-state index in [1.807, 2.05) is 11.8 Å². The number of thioether (sulfide) groups is 1. The second kappa shape index (κ2) is 8.27. The topological polar surface area (TPSA) is 87.7 Å². The Bertz CT molecular complexity index is 314. The molecule has 0 heterocycles. The molecule has 0 spiro atoms. The number of aliphatic carboxylic acids is 1. The average Bonchev–Trinajstić information content (AvgIpc) is 2.77. The zero-order valence-electron chi connectivity index (χ0n) is 11.3. The first-order chi connectivity index (χ1) is 9.06. The normalized spacial score (nSPS) is 23.9. The van der Waals surface area contributed by atoms with Gasteiger partial charge in [0.15, 0.2) is 6.10 Å². The second-order valence-corrected chi connectivity index (χ2v) is 6.08. The van der Waals surface area contributed by atoms with E-state index in [0.29, 0.717) is 5.25 Å². The Kier molecular flexibility index (Phi) is 7.01. The molecule has 0 aromatic heterocycles. The highest BCUT2D eigenvalue weighted by Gasteiger charge is 2.26. The Morgan fingerprint density at radius 1 is 1.47 bits per heavy atom. The van der Waals surface area contributed by atoms with E-state index >= 15 is 0 Å². The maximum absolute atomic E-state index is 11.6. The zero-order valence-corrected chi connectivity index (χ0v) is 12.2. The largest absolute Gasteiger partial charge is 0.479 e. The first-order valence-electron chi connectivity index (χ1n) is 6.48. The van der Waals surface area contributed by atoms with Gasteiger partial charge in [0, 0.05) is 18.4 Å². The summed E-state index contributed by atoms with van der Waals surface area (Å²) in [5.74, 6) is 0.0145. The van der Waals surface area contributed by atoms with Crippen molar-refractivity contribution in [3.8, 4) is 0 Å². The monoisotopic (exact) mass is 290 g/mol. The third-order valence-corrected chi connectivity index (χ3v) is 4.36. The summed E-state index contributed by atoms with van der Waals surface area (Å²) in [6, 6.07) is -0.134. The fourth-order valence-electron chi connectivity index (χ4n) is 2.15. The van der Waals surface area contributed by atoms with E-state index in [1.165, 1.54) is 7.11 Å². The zero-order chi connectivity index (χ0) is 14.3. The van der Waals surface area contributed by atoms with Crippen LogP contribution in [-0.4, -0.2) is 53.9 Å². The van der Waals surface area contributed by atoms with Crippen molar-refractivity contribution in [2.75, 3.05) is 19.4 Å². The Labute approximate surface area is 117 Å². The van der Waals surface area contributed by atoms with Gasteiger partial charge in [0.05, 0.1) is 6.54 Å². The summed E-state index contributed by atoms with van der Waals surface area (Å²) < 4.78 is 4.74. The van der Waals surface area contributed by atoms with Gasteiger partial charge >= 0.3 is 12.0 Å². The molecule has 1 saturated carbocycles. The lowest BCUT2D eigenvalue weighted by Gasteiger charge is -2.16. The number of carboxylic acid groups (broad SMARTS) is 1. The van der Waals surface area contributed by atoms with Crippen LogP contribution >= 0.6 is 11.8 Å². The molecule has 6 nitrogen and oxygen atoms in total. The minimum absolute atomic E-state index is 0.0302. The fourth-order valence-corrected chi connectivity index (χ4v) is 3.29. The molecule has 1 rings (SSSR count). The molecule has 1 fully saturated rings. The smallest absolute Gasteiger partial charge is 0.334 e. The van der Waals surface area contributed by atoms with E-state index in [9.17, 15) is 9.59 Å². The third-order valence-electron chi connectivity index (χ3n) is 3.13. The molecular weight excluding hydrogens is 268 g/mol. The number of carboxylic acids is 1. The van der Waals surface area contributed by atoms with Crippen molar-refractivity contribution < 1.29 is 19.4 Å². The van der Waals surface area contributed by atoms with Gasteiger partial charge in [-0.25, -0.2) is 9.59 Å². The quantitative estimate of drug-likeness (QED) is 0.652. The van der Waals surface area contributed by atoms with E-state index in [-0.39, 0.29) is 18.6 Å². The van der Waals surface area contributed by atoms with Crippen molar-refractivity contribution in [1.29, 1.82) is 0 Å². The van der Waals surface area contributed by atoms with Crippen LogP contribution in [0.4, 0.5) is 4.79 Å². The second-order valence-electron chi connectivity index (χ2n) is 4.50. The Morgan fingerprint density at radius 3 is 2.79 bits per heavy atom. The first-order valence-corrected chi connectivity index (χ1v) is 7.53. The van der Waals surface area contributed by atoms with Crippen LogP contribution < -0.4 is 10.6 Å². The molecule has 0 aromatic carbocycles. The molecule has 19 heavy (non-hydrogen) atoms. The van der Waals surface area contributed by atoms with Crippen LogP contribution in [0.2, 0.25) is 0 Å². The molecule has 1 aliphatic rings. The van der Waals surface area contributed by atoms with Gasteiger partial charge in [0.1, 0.15) is 0 Å². The number of rotatable bonds is 7. The number of amides is 2. The molecular formula is C12H22N2O4S. The van der Waals surface area contributed by atoms with Crippen LogP contribution in [0.3, 0.4) is 0 Å². The highest BCUT2D eigenvalue weighted by Crippen LogP contribution is 2.29. The van der Waals surface area contributed by atoms with Gasteiger partial charge in [-0.05, 0) is 25.0 Å². The lowest BCUT2D eigenvalue weighted by Crippen LogP contribution is -2.45. The predicted octanol–water partition coefficient (Wildman–Crippen LogP) is 1.06. The lowest BCUT2D eigenvalue weighted by atomic mass is 10.2. The number of methoxy groups -OCH3 is 1. The third kappa shape index (κ3) is 5.69. The van der Waals surface area contributed by atoms with E-state index in [2.05, 4.69) is 17.6 Å². The van der Waals surface area contributed by atoms with Crippen LogP contribution in [0.25, 0.3) is 0 Å². The van der Waals surface area contributed by atoms with E-state index in [1.54, 1.807) is 0 Å². The minimum Gasteiger partial charge on any atom is -0.479 e. The van der Waals surface area contributed by atoms with Crippen molar-refractivity contribution in [2.45, 2.75) is 43.6 Å². The Balaban J connectivity index is 2.23. The van der Waals surface area contributed by atoms with Gasteiger partial charge in [0.2, 0.25) is 0 Å². The summed E-state index contributed by atoms with van der Waals surface area (Å²) in [4.78, 5) is 22.3. The summed E-state index contributed by atoms with van der Waals surface area (Å²) in [6.45, 7) is 2.10. The SMILES string of the molecule is CCSC1CCC(NC(=O)NCC(OC)C(=O)O)C1. The predicted molar refractivity (Wildman–Crippen MR) is 74.5 cm³/mol. The molecule has 2 amide bonds. The average molecular weight is 290 g/mol. The summed E-state index contributed by atoms with van der Waals surface area (Å²) in [5, 5.41) is 14.8. The number of nitrogens with one attached hydrogen (secondary N) is 2. The summed E-state index contributed by atoms with van der Waals surface area (Å²) in [5.41, 5.74) is 0. The molecule has 3 atom stereocenters. The molecule has 3 N–H and O–H groups in total. The number of ether oxygens (including phenoxy) is 1. The fraction of sp³-hybridized carbons (Fsp3) is 0.833. The molecule has 0 saturated heterocycles. The van der Waals surface area contributed by atoms with Gasteiger partial charge in [-0.2, -0.15) is 11.8 Å². The molecule has 0 aliphatic heterocycles. The number of carbonyl (C=O) groups excluding carboxylic acids is 1. The Morgan fingerprint density at radius 2 is 2.21 bits per heavy atom. The highest BCUT2D eigenvalue weighted by atomic mass is 32.2. The first kappa shape index (κ1) is 16.1. The van der Waals surface area contributed by atoms with Crippen LogP contribution in [0.1, 0.15) is 26.2 Å². The number of urea groups is 1. The maximum Gasteiger partial charge on any atom is 0.334 e. The highest BCUT2D eigenvalue weighted by molar-refractivity contribution is 7.99. The molecule has 110 valence electrons. The van der Waals surface area contributed by atoms with Crippen LogP contribution in [0.5, 0.6) is 0 Å². The molecule has 0 radical (unpaired) electrons. The van der Waals surface area contributed by atoms with Crippen molar-refractivity contribution in [1.82, 2.24) is 10.6 Å². The van der Waals surface area contributed by atoms with Crippen molar-refractivity contribution in [2.24, 2.45) is 0 Å². The lowest BCUT2D eigenvalue weighted by molar-refractivity contribution is -0.147. The van der Waals surface area contributed by atoms with Crippen molar-refractivity contribution in [3.63, 3.8) is 0 Å². The number of hydrogen-bond donors (Lipinski definition) is 3. The Hall–Kier alpha value is -0.950. The van der Waals surface area contributed by atoms with E-state index in [0.717, 1.165) is 25.0 Å². The number of carbonyl (C=O) groups is 2. The molecule has 0 bridgehead atoms.